The van der Waals surface area contributed by atoms with Gasteiger partial charge in [0.2, 0.25) is 5.91 Å². The highest BCUT2D eigenvalue weighted by atomic mass is 35.5. The van der Waals surface area contributed by atoms with Crippen molar-refractivity contribution in [1.29, 1.82) is 0 Å². The van der Waals surface area contributed by atoms with E-state index in [4.69, 9.17) is 11.6 Å². The minimum absolute atomic E-state index is 0.0972. The van der Waals surface area contributed by atoms with E-state index in [0.29, 0.717) is 11.3 Å². The molecule has 1 fully saturated rings. The highest BCUT2D eigenvalue weighted by molar-refractivity contribution is 6.17. The third-order valence-corrected chi connectivity index (χ3v) is 5.02. The number of hydrogen-bond donors (Lipinski definition) is 1. The molecule has 0 spiro atoms. The molecular formula is C17H32ClNO. The van der Waals surface area contributed by atoms with Crippen LogP contribution >= 0.6 is 11.6 Å². The number of nitrogens with one attached hydrogen (secondary N) is 1. The van der Waals surface area contributed by atoms with Crippen molar-refractivity contribution in [1.82, 2.24) is 5.32 Å². The van der Waals surface area contributed by atoms with Gasteiger partial charge in [-0.25, -0.2) is 0 Å². The predicted molar refractivity (Wildman–Crippen MR) is 87.0 cm³/mol. The van der Waals surface area contributed by atoms with Crippen molar-refractivity contribution >= 4 is 17.5 Å². The van der Waals surface area contributed by atoms with Crippen molar-refractivity contribution in [3.05, 3.63) is 0 Å². The summed E-state index contributed by atoms with van der Waals surface area (Å²) in [6.45, 7) is 12.0. The zero-order chi connectivity index (χ0) is 15.4. The first-order chi connectivity index (χ1) is 9.15. The van der Waals surface area contributed by atoms with Crippen LogP contribution in [0.3, 0.4) is 0 Å². The van der Waals surface area contributed by atoms with Crippen LogP contribution < -0.4 is 5.32 Å². The summed E-state index contributed by atoms with van der Waals surface area (Å²) in [7, 11) is 0. The Labute approximate surface area is 130 Å². The van der Waals surface area contributed by atoms with Gasteiger partial charge in [0.05, 0.1) is 0 Å². The van der Waals surface area contributed by atoms with Gasteiger partial charge in [-0.05, 0) is 48.9 Å². The molecule has 0 heterocycles. The Hall–Kier alpha value is -0.240. The molecule has 0 aromatic rings. The minimum Gasteiger partial charge on any atom is -0.355 e. The smallest absolute Gasteiger partial charge is 0.223 e. The molecule has 1 saturated carbocycles. The van der Waals surface area contributed by atoms with Crippen LogP contribution in [0.25, 0.3) is 0 Å². The second-order valence-electron chi connectivity index (χ2n) is 8.24. The topological polar surface area (TPSA) is 29.1 Å². The van der Waals surface area contributed by atoms with Crippen molar-refractivity contribution in [2.24, 2.45) is 22.7 Å². The molecule has 1 rings (SSSR count). The van der Waals surface area contributed by atoms with Gasteiger partial charge < -0.3 is 5.32 Å². The van der Waals surface area contributed by atoms with Gasteiger partial charge in [0.1, 0.15) is 0 Å². The maximum absolute atomic E-state index is 12.3. The van der Waals surface area contributed by atoms with Crippen LogP contribution in [0.2, 0.25) is 0 Å². The molecule has 0 aliphatic heterocycles. The molecule has 20 heavy (non-hydrogen) atoms. The third-order valence-electron chi connectivity index (χ3n) is 4.84. The van der Waals surface area contributed by atoms with Gasteiger partial charge >= 0.3 is 0 Å². The quantitative estimate of drug-likeness (QED) is 0.738. The van der Waals surface area contributed by atoms with E-state index in [9.17, 15) is 4.79 Å². The van der Waals surface area contributed by atoms with Gasteiger partial charge in [0.15, 0.2) is 0 Å². The Morgan fingerprint density at radius 3 is 2.10 bits per heavy atom. The molecule has 0 saturated heterocycles. The van der Waals surface area contributed by atoms with Crippen LogP contribution in [0.5, 0.6) is 0 Å². The largest absolute Gasteiger partial charge is 0.355 e. The maximum Gasteiger partial charge on any atom is 0.223 e. The highest BCUT2D eigenvalue weighted by Gasteiger charge is 2.32. The second kappa shape index (κ2) is 7.15. The van der Waals surface area contributed by atoms with Crippen molar-refractivity contribution in [2.45, 2.75) is 66.7 Å². The Morgan fingerprint density at radius 2 is 1.65 bits per heavy atom. The standard InChI is InChI=1S/C17H32ClNO/c1-16(2,3)14-8-6-13(7-9-14)15(20)19-12-17(4,5)10-11-18/h13-14H,6-12H2,1-5H3,(H,19,20). The van der Waals surface area contributed by atoms with E-state index in [0.717, 1.165) is 31.7 Å². The number of rotatable bonds is 5. The summed E-state index contributed by atoms with van der Waals surface area (Å²) >= 11 is 5.80. The molecule has 0 aromatic heterocycles. The molecule has 0 atom stereocenters. The van der Waals surface area contributed by atoms with E-state index < -0.39 is 0 Å². The molecule has 118 valence electrons. The van der Waals surface area contributed by atoms with Crippen molar-refractivity contribution in [2.75, 3.05) is 12.4 Å². The number of carbonyl (C=O) groups excluding carboxylic acids is 1. The molecule has 0 aromatic carbocycles. The van der Waals surface area contributed by atoms with Gasteiger partial charge in [0.25, 0.3) is 0 Å². The van der Waals surface area contributed by atoms with E-state index in [2.05, 4.69) is 39.9 Å². The average molecular weight is 302 g/mol. The molecule has 0 unspecified atom stereocenters. The van der Waals surface area contributed by atoms with E-state index in [1.54, 1.807) is 0 Å². The first-order valence-electron chi connectivity index (χ1n) is 7.99. The number of hydrogen-bond acceptors (Lipinski definition) is 1. The Kier molecular flexibility index (Phi) is 6.37. The molecule has 1 aliphatic carbocycles. The van der Waals surface area contributed by atoms with E-state index in [-0.39, 0.29) is 17.2 Å². The predicted octanol–water partition coefficient (Wildman–Crippen LogP) is 4.61. The normalized spacial score (nSPS) is 24.5. The highest BCUT2D eigenvalue weighted by Crippen LogP contribution is 2.39. The molecule has 2 nitrogen and oxygen atoms in total. The summed E-state index contributed by atoms with van der Waals surface area (Å²) in [5.41, 5.74) is 0.476. The van der Waals surface area contributed by atoms with Crippen LogP contribution in [0.15, 0.2) is 0 Å². The Morgan fingerprint density at radius 1 is 1.10 bits per heavy atom. The first-order valence-corrected chi connectivity index (χ1v) is 8.53. The zero-order valence-corrected chi connectivity index (χ0v) is 14.6. The monoisotopic (exact) mass is 301 g/mol. The van der Waals surface area contributed by atoms with Crippen molar-refractivity contribution in [3.8, 4) is 0 Å². The van der Waals surface area contributed by atoms with Gasteiger partial charge in [-0.15, -0.1) is 11.6 Å². The molecule has 1 aliphatic rings. The molecule has 0 bridgehead atoms. The first kappa shape index (κ1) is 17.8. The molecule has 1 amide bonds. The van der Waals surface area contributed by atoms with Crippen LogP contribution in [0, 0.1) is 22.7 Å². The van der Waals surface area contributed by atoms with E-state index in [1.165, 1.54) is 12.8 Å². The van der Waals surface area contributed by atoms with E-state index in [1.807, 2.05) is 0 Å². The second-order valence-corrected chi connectivity index (χ2v) is 8.61. The van der Waals surface area contributed by atoms with Gasteiger partial charge in [0, 0.05) is 18.3 Å². The number of amides is 1. The van der Waals surface area contributed by atoms with E-state index >= 15 is 0 Å². The van der Waals surface area contributed by atoms with Crippen molar-refractivity contribution in [3.63, 3.8) is 0 Å². The molecule has 1 N–H and O–H groups in total. The minimum atomic E-state index is 0.0972. The number of halogens is 1. The molecule has 3 heteroatoms. The summed E-state index contributed by atoms with van der Waals surface area (Å²) in [6, 6.07) is 0. The Balaban J connectivity index is 2.36. The number of carbonyl (C=O) groups is 1. The Bertz CT molecular complexity index is 311. The fourth-order valence-corrected chi connectivity index (χ4v) is 3.55. The fraction of sp³-hybridized carbons (Fsp3) is 0.941. The fourth-order valence-electron chi connectivity index (χ4n) is 3.04. The van der Waals surface area contributed by atoms with Crippen LogP contribution in [0.1, 0.15) is 66.7 Å². The van der Waals surface area contributed by atoms with Crippen molar-refractivity contribution < 1.29 is 4.79 Å². The van der Waals surface area contributed by atoms with Gasteiger partial charge in [-0.2, -0.15) is 0 Å². The third kappa shape index (κ3) is 5.63. The molecule has 0 radical (unpaired) electrons. The summed E-state index contributed by atoms with van der Waals surface area (Å²) < 4.78 is 0. The number of alkyl halides is 1. The van der Waals surface area contributed by atoms with Crippen LogP contribution in [0.4, 0.5) is 0 Å². The molecular weight excluding hydrogens is 270 g/mol. The van der Waals surface area contributed by atoms with Gasteiger partial charge in [-0.3, -0.25) is 4.79 Å². The lowest BCUT2D eigenvalue weighted by Gasteiger charge is -2.36. The zero-order valence-electron chi connectivity index (χ0n) is 13.9. The maximum atomic E-state index is 12.3. The lowest BCUT2D eigenvalue weighted by molar-refractivity contribution is -0.127. The van der Waals surface area contributed by atoms with Crippen LogP contribution in [-0.4, -0.2) is 18.3 Å². The SMILES string of the molecule is CC(C)(CCCl)CNC(=O)C1CCC(C(C)(C)C)CC1. The summed E-state index contributed by atoms with van der Waals surface area (Å²) in [4.78, 5) is 12.3. The lowest BCUT2D eigenvalue weighted by Crippen LogP contribution is -2.39. The summed E-state index contributed by atoms with van der Waals surface area (Å²) in [5, 5.41) is 3.13. The average Bonchev–Trinajstić information content (AvgIpc) is 2.35. The summed E-state index contributed by atoms with van der Waals surface area (Å²) in [5.74, 6) is 1.89. The van der Waals surface area contributed by atoms with Gasteiger partial charge in [-0.1, -0.05) is 34.6 Å². The lowest BCUT2D eigenvalue weighted by atomic mass is 9.69. The van der Waals surface area contributed by atoms with Crippen LogP contribution in [-0.2, 0) is 4.79 Å². The summed E-state index contributed by atoms with van der Waals surface area (Å²) in [6.07, 6.45) is 5.40.